The first-order chi connectivity index (χ1) is 45.6. The van der Waals surface area contributed by atoms with E-state index in [0.717, 1.165) is 43.9 Å². The van der Waals surface area contributed by atoms with Crippen LogP contribution >= 0.6 is 9.47 Å². The fourth-order valence-corrected chi connectivity index (χ4v) is 12.3. The number of pyridine rings is 1. The Hall–Kier alpha value is -7.64. The van der Waals surface area contributed by atoms with Gasteiger partial charge in [-0.05, 0) is 105 Å². The second-order valence-corrected chi connectivity index (χ2v) is 25.0. The van der Waals surface area contributed by atoms with Gasteiger partial charge in [-0.3, -0.25) is 43.4 Å². The number of aryl methyl sites for hydroxylation is 3. The molecule has 6 rings (SSSR count). The lowest BCUT2D eigenvalue weighted by molar-refractivity contribution is -0.139. The minimum absolute atomic E-state index is 0.0434. The molecule has 9 N–H and O–H groups in total. The third kappa shape index (κ3) is 26.5. The SMILES string of the molecule is CCN1CCN(C)CCN(CC(=O)N[C@H](Cc2ccc(OP)cc2)C(=O)NCCCOCCOCCOCCCNC(=O)CCCOc2cc(C)c(S(=O)(=O)NC(CNC(=O)c3cn(C)c4cc(CNc5ncc[nH]5)ccc4c3=O)C(=O)O)c(C)c2)CCN(CC(=O)O)CC1. The summed E-state index contributed by atoms with van der Waals surface area (Å²) in [5, 5.41) is 34.1. The van der Waals surface area contributed by atoms with Gasteiger partial charge in [-0.25, -0.2) is 13.4 Å². The van der Waals surface area contributed by atoms with E-state index in [9.17, 15) is 52.2 Å². The summed E-state index contributed by atoms with van der Waals surface area (Å²) in [5.41, 5.74) is 1.94. The van der Waals surface area contributed by atoms with Gasteiger partial charge in [-0.15, -0.1) is 0 Å². The van der Waals surface area contributed by atoms with Crippen LogP contribution in [0.3, 0.4) is 0 Å². The van der Waals surface area contributed by atoms with Crippen molar-refractivity contribution in [1.29, 1.82) is 0 Å². The number of hydrogen-bond acceptors (Lipinski definition) is 20. The monoisotopic (exact) mass is 1360 g/mol. The van der Waals surface area contributed by atoms with Crippen LogP contribution in [0.25, 0.3) is 10.9 Å². The Morgan fingerprint density at radius 2 is 1.32 bits per heavy atom. The molecule has 2 unspecified atom stereocenters. The number of imidazole rings is 1. The number of aliphatic carboxylic acids is 2. The van der Waals surface area contributed by atoms with Crippen molar-refractivity contribution in [2.45, 2.75) is 76.4 Å². The third-order valence-corrected chi connectivity index (χ3v) is 17.8. The molecule has 4 amide bonds. The summed E-state index contributed by atoms with van der Waals surface area (Å²) >= 11 is 0. The number of hydrogen-bond donors (Lipinski definition) is 9. The van der Waals surface area contributed by atoms with Crippen molar-refractivity contribution < 1.29 is 70.9 Å². The fraction of sp³-hybridized carbons (Fsp3) is 0.531. The third-order valence-electron chi connectivity index (χ3n) is 15.7. The number of amides is 4. The van der Waals surface area contributed by atoms with Crippen LogP contribution in [-0.4, -0.2) is 245 Å². The zero-order chi connectivity index (χ0) is 68.7. The van der Waals surface area contributed by atoms with Gasteiger partial charge in [-0.1, -0.05) is 25.1 Å². The zero-order valence-corrected chi connectivity index (χ0v) is 56.9. The van der Waals surface area contributed by atoms with E-state index in [2.05, 4.69) is 74.5 Å². The standard InChI is InChI=1S/C64H94N13O16PS/c1-6-75-23-21-73(4)22-24-76(27-28-77(26-25-75)44-58(80)81)43-57(79)71-53(38-47-11-14-49(93-94)15-12-47)62(84)66-18-9-30-90-33-35-91-34-32-89-29-8-17-65-56(78)10-7-31-92-50-36-45(2)60(46(3)37-50)95(87,88)72-54(63(85)86)41-69-61(83)52-42-74(5)55-39-48(13-16-51(55)59(52)82)40-70-64-67-19-20-68-64/h11-16,19-20,36-37,39,42,53-54,72H,6-10,17-18,21-35,38,40-41,43-44,94H2,1-5H3,(H,65,78)(H,66,84)(H,69,83)(H,71,79)(H,80,81)(H,85,86)(H2,67,68,70)/t53-,54?/m1/s1. The van der Waals surface area contributed by atoms with Crippen LogP contribution in [-0.2, 0) is 68.2 Å². The van der Waals surface area contributed by atoms with Gasteiger partial charge in [0, 0.05) is 136 Å². The molecule has 3 atom stereocenters. The molecular weight excluding hydrogens is 1270 g/mol. The lowest BCUT2D eigenvalue weighted by atomic mass is 10.0. The Morgan fingerprint density at radius 1 is 0.705 bits per heavy atom. The van der Waals surface area contributed by atoms with E-state index >= 15 is 0 Å². The summed E-state index contributed by atoms with van der Waals surface area (Å²) in [4.78, 5) is 106. The molecule has 0 spiro atoms. The Bertz CT molecular complexity index is 3430. The summed E-state index contributed by atoms with van der Waals surface area (Å²) in [5.74, 6) is -2.59. The summed E-state index contributed by atoms with van der Waals surface area (Å²) in [6.45, 7) is 14.1. The maximum atomic E-state index is 13.7. The van der Waals surface area contributed by atoms with Crippen molar-refractivity contribution in [3.05, 3.63) is 111 Å². The number of carboxylic acids is 2. The quantitative estimate of drug-likeness (QED) is 0.0200. The van der Waals surface area contributed by atoms with Crippen LogP contribution in [0.15, 0.2) is 82.9 Å². The minimum atomic E-state index is -4.46. The molecular formula is C64H94N13O16PS. The molecule has 95 heavy (non-hydrogen) atoms. The minimum Gasteiger partial charge on any atom is -0.494 e. The van der Waals surface area contributed by atoms with E-state index in [-0.39, 0.29) is 77.2 Å². The number of fused-ring (bicyclic) bond motifs is 1. The van der Waals surface area contributed by atoms with Gasteiger partial charge in [0.1, 0.15) is 29.1 Å². The average Bonchev–Trinajstić information content (AvgIpc) is 0.852. The summed E-state index contributed by atoms with van der Waals surface area (Å²) < 4.78 is 59.2. The maximum absolute atomic E-state index is 13.7. The van der Waals surface area contributed by atoms with Crippen LogP contribution in [0.5, 0.6) is 11.5 Å². The number of benzene rings is 3. The number of carbonyl (C=O) groups is 6. The molecule has 0 bridgehead atoms. The van der Waals surface area contributed by atoms with Crippen LogP contribution in [0.4, 0.5) is 5.95 Å². The lowest BCUT2D eigenvalue weighted by Gasteiger charge is -2.32. The van der Waals surface area contributed by atoms with Crippen molar-refractivity contribution in [3.8, 4) is 11.5 Å². The molecule has 0 aliphatic carbocycles. The van der Waals surface area contributed by atoms with Gasteiger partial charge in [-0.2, -0.15) is 4.72 Å². The second-order valence-electron chi connectivity index (χ2n) is 23.1. The molecule has 0 saturated carbocycles. The average molecular weight is 1360 g/mol. The van der Waals surface area contributed by atoms with Crippen LogP contribution in [0.2, 0.25) is 0 Å². The number of likely N-dealkylation sites (N-methyl/N-ethyl adjacent to an activating group) is 2. The van der Waals surface area contributed by atoms with Crippen LogP contribution in [0.1, 0.15) is 65.2 Å². The highest BCUT2D eigenvalue weighted by molar-refractivity contribution is 7.89. The highest BCUT2D eigenvalue weighted by Gasteiger charge is 2.30. The Kier molecular flexibility index (Phi) is 32.2. The number of carboxylic acid groups (broad SMARTS) is 2. The molecule has 1 aliphatic heterocycles. The van der Waals surface area contributed by atoms with E-state index in [0.29, 0.717) is 128 Å². The highest BCUT2D eigenvalue weighted by Crippen LogP contribution is 2.27. The number of nitrogens with zero attached hydrogens (tertiary/aromatic N) is 6. The molecule has 31 heteroatoms. The molecule has 1 aliphatic rings. The number of nitrogens with one attached hydrogen (secondary N) is 7. The molecule has 3 aromatic carbocycles. The molecule has 29 nitrogen and oxygen atoms in total. The number of rotatable bonds is 39. The van der Waals surface area contributed by atoms with E-state index in [1.807, 2.05) is 21.9 Å². The number of aromatic amines is 1. The van der Waals surface area contributed by atoms with Crippen molar-refractivity contribution >= 4 is 71.9 Å². The summed E-state index contributed by atoms with van der Waals surface area (Å²) in [6, 6.07) is 12.7. The number of sulfonamides is 1. The van der Waals surface area contributed by atoms with Gasteiger partial charge in [0.2, 0.25) is 33.2 Å². The topological polar surface area (TPSA) is 359 Å². The highest BCUT2D eigenvalue weighted by atomic mass is 32.2. The van der Waals surface area contributed by atoms with Crippen LogP contribution < -0.4 is 46.0 Å². The van der Waals surface area contributed by atoms with Crippen molar-refractivity contribution in [2.24, 2.45) is 7.05 Å². The maximum Gasteiger partial charge on any atom is 0.323 e. The van der Waals surface area contributed by atoms with Gasteiger partial charge in [0.05, 0.1) is 66.0 Å². The molecule has 1 saturated heterocycles. The van der Waals surface area contributed by atoms with Gasteiger partial charge < -0.3 is 79.6 Å². The number of H-pyrrole nitrogens is 1. The number of anilines is 1. The number of ether oxygens (including phenoxy) is 4. The van der Waals surface area contributed by atoms with E-state index in [1.165, 1.54) is 32.2 Å². The largest absolute Gasteiger partial charge is 0.494 e. The molecule has 0 radical (unpaired) electrons. The first-order valence-electron chi connectivity index (χ1n) is 31.9. The van der Waals surface area contributed by atoms with Crippen molar-refractivity contribution in [2.75, 3.05) is 150 Å². The summed E-state index contributed by atoms with van der Waals surface area (Å²) in [7, 11) is 1.45. The Morgan fingerprint density at radius 3 is 1.94 bits per heavy atom. The molecule has 1 fully saturated rings. The first kappa shape index (κ1) is 76.4. The lowest BCUT2D eigenvalue weighted by Crippen LogP contribution is -2.52. The Balaban J connectivity index is 0.809. The summed E-state index contributed by atoms with van der Waals surface area (Å²) in [6.07, 6.45) is 6.53. The number of aromatic nitrogens is 3. The first-order valence-corrected chi connectivity index (χ1v) is 33.8. The van der Waals surface area contributed by atoms with Crippen LogP contribution in [0, 0.1) is 13.8 Å². The van der Waals surface area contributed by atoms with Gasteiger partial charge in [0.15, 0.2) is 5.95 Å². The molecule has 3 heterocycles. The predicted molar refractivity (Wildman–Crippen MR) is 360 cm³/mol. The van der Waals surface area contributed by atoms with Crippen molar-refractivity contribution in [1.82, 2.24) is 60.1 Å². The van der Waals surface area contributed by atoms with E-state index in [1.54, 1.807) is 54.3 Å². The zero-order valence-electron chi connectivity index (χ0n) is 55.0. The molecule has 522 valence electrons. The molecule has 2 aromatic heterocycles. The smallest absolute Gasteiger partial charge is 0.323 e. The van der Waals surface area contributed by atoms with Crippen molar-refractivity contribution in [3.63, 3.8) is 0 Å². The Labute approximate surface area is 557 Å². The van der Waals surface area contributed by atoms with E-state index in [4.69, 9.17) is 23.5 Å². The van der Waals surface area contributed by atoms with E-state index < -0.39 is 51.9 Å². The normalized spacial score (nSPS) is 14.6. The predicted octanol–water partition coefficient (Wildman–Crippen LogP) is 1.73. The van der Waals surface area contributed by atoms with Gasteiger partial charge >= 0.3 is 11.9 Å². The molecule has 5 aromatic rings. The van der Waals surface area contributed by atoms with Gasteiger partial charge in [0.25, 0.3) is 5.91 Å². The fourth-order valence-electron chi connectivity index (χ4n) is 10.5. The second kappa shape index (κ2) is 40.0. The number of carbonyl (C=O) groups excluding carboxylic acids is 4.